The van der Waals surface area contributed by atoms with Crippen molar-refractivity contribution in [3.05, 3.63) is 15.9 Å². The van der Waals surface area contributed by atoms with Crippen molar-refractivity contribution in [3.8, 4) is 0 Å². The van der Waals surface area contributed by atoms with Gasteiger partial charge in [-0.1, -0.05) is 6.92 Å². The summed E-state index contributed by atoms with van der Waals surface area (Å²) in [5, 5.41) is 3.35. The van der Waals surface area contributed by atoms with Crippen molar-refractivity contribution in [3.63, 3.8) is 0 Å². The first kappa shape index (κ1) is 16.4. The summed E-state index contributed by atoms with van der Waals surface area (Å²) in [5.74, 6) is 0.425. The SMILES string of the molecule is CCCN(CC1CCCNC1)S(=O)(=O)c1ccc(Br)s1. The molecule has 1 atom stereocenters. The molecule has 1 unspecified atom stereocenters. The van der Waals surface area contributed by atoms with Crippen LogP contribution in [0.5, 0.6) is 0 Å². The largest absolute Gasteiger partial charge is 0.316 e. The van der Waals surface area contributed by atoms with Gasteiger partial charge in [0.25, 0.3) is 10.0 Å². The standard InChI is InChI=1S/C13H21BrN2O2S2/c1-2-8-16(10-11-4-3-7-15-9-11)20(17,18)13-6-5-12(14)19-13/h5-6,11,15H,2-4,7-10H2,1H3. The van der Waals surface area contributed by atoms with Crippen molar-refractivity contribution in [1.82, 2.24) is 9.62 Å². The zero-order chi connectivity index (χ0) is 14.6. The average molecular weight is 381 g/mol. The number of nitrogens with one attached hydrogen (secondary N) is 1. The Bertz CT molecular complexity index is 524. The van der Waals surface area contributed by atoms with E-state index in [2.05, 4.69) is 21.2 Å². The van der Waals surface area contributed by atoms with Gasteiger partial charge in [0.15, 0.2) is 0 Å². The molecule has 0 aliphatic carbocycles. The molecule has 1 saturated heterocycles. The minimum atomic E-state index is -3.35. The number of nitrogens with zero attached hydrogens (tertiary/aromatic N) is 1. The van der Waals surface area contributed by atoms with Gasteiger partial charge in [-0.15, -0.1) is 11.3 Å². The van der Waals surface area contributed by atoms with E-state index >= 15 is 0 Å². The van der Waals surface area contributed by atoms with Crippen LogP contribution in [0.25, 0.3) is 0 Å². The molecule has 1 aromatic rings. The second kappa shape index (κ2) is 7.35. The van der Waals surface area contributed by atoms with Gasteiger partial charge in [-0.3, -0.25) is 0 Å². The van der Waals surface area contributed by atoms with Crippen molar-refractivity contribution in [1.29, 1.82) is 0 Å². The molecule has 2 heterocycles. The zero-order valence-corrected chi connectivity index (χ0v) is 14.9. The van der Waals surface area contributed by atoms with Crippen molar-refractivity contribution in [2.24, 2.45) is 5.92 Å². The third-order valence-electron chi connectivity index (χ3n) is 3.48. The molecule has 1 aromatic heterocycles. The summed E-state index contributed by atoms with van der Waals surface area (Å²) in [6, 6.07) is 3.48. The fraction of sp³-hybridized carbons (Fsp3) is 0.692. The first-order valence-corrected chi connectivity index (χ1v) is 10.0. The van der Waals surface area contributed by atoms with Gasteiger partial charge in [0, 0.05) is 13.1 Å². The molecule has 1 aliphatic rings. The maximum absolute atomic E-state index is 12.7. The normalized spacial score (nSPS) is 20.4. The molecule has 2 rings (SSSR count). The Labute approximate surface area is 133 Å². The molecule has 1 fully saturated rings. The van der Waals surface area contributed by atoms with Crippen molar-refractivity contribution in [2.45, 2.75) is 30.4 Å². The van der Waals surface area contributed by atoms with E-state index in [1.54, 1.807) is 16.4 Å². The van der Waals surface area contributed by atoms with E-state index in [4.69, 9.17) is 0 Å². The number of sulfonamides is 1. The van der Waals surface area contributed by atoms with Crippen molar-refractivity contribution in [2.75, 3.05) is 26.2 Å². The van der Waals surface area contributed by atoms with Crippen LogP contribution in [0.2, 0.25) is 0 Å². The topological polar surface area (TPSA) is 49.4 Å². The van der Waals surface area contributed by atoms with Crippen LogP contribution in [0, 0.1) is 5.92 Å². The summed E-state index contributed by atoms with van der Waals surface area (Å²) in [6.07, 6.45) is 3.08. The maximum atomic E-state index is 12.7. The highest BCUT2D eigenvalue weighted by Crippen LogP contribution is 2.29. The van der Waals surface area contributed by atoms with Gasteiger partial charge in [-0.25, -0.2) is 8.42 Å². The molecular formula is C13H21BrN2O2S2. The van der Waals surface area contributed by atoms with Gasteiger partial charge < -0.3 is 5.32 Å². The first-order valence-electron chi connectivity index (χ1n) is 7.00. The summed E-state index contributed by atoms with van der Waals surface area (Å²) in [5.41, 5.74) is 0. The minimum Gasteiger partial charge on any atom is -0.316 e. The van der Waals surface area contributed by atoms with Crippen LogP contribution in [0.15, 0.2) is 20.1 Å². The molecule has 0 radical (unpaired) electrons. The van der Waals surface area contributed by atoms with Gasteiger partial charge in [0.2, 0.25) is 0 Å². The molecule has 0 aromatic carbocycles. The number of hydrogen-bond donors (Lipinski definition) is 1. The Kier molecular flexibility index (Phi) is 6.04. The van der Waals surface area contributed by atoms with E-state index in [1.807, 2.05) is 6.92 Å². The summed E-state index contributed by atoms with van der Waals surface area (Å²) < 4.78 is 28.4. The van der Waals surface area contributed by atoms with E-state index < -0.39 is 10.0 Å². The summed E-state index contributed by atoms with van der Waals surface area (Å²) in [4.78, 5) is 0. The Balaban J connectivity index is 2.14. The van der Waals surface area contributed by atoms with Crippen molar-refractivity contribution < 1.29 is 8.42 Å². The number of rotatable bonds is 6. The Morgan fingerprint density at radius 3 is 2.85 bits per heavy atom. The number of thiophene rings is 1. The van der Waals surface area contributed by atoms with Gasteiger partial charge >= 0.3 is 0 Å². The third-order valence-corrected chi connectivity index (χ3v) is 7.43. The van der Waals surface area contributed by atoms with Crippen LogP contribution in [0.3, 0.4) is 0 Å². The molecule has 0 bridgehead atoms. The molecule has 0 amide bonds. The second-order valence-electron chi connectivity index (χ2n) is 5.13. The monoisotopic (exact) mass is 380 g/mol. The fourth-order valence-electron chi connectivity index (χ4n) is 2.49. The Hall–Kier alpha value is 0.0500. The van der Waals surface area contributed by atoms with E-state index in [1.165, 1.54) is 11.3 Å². The lowest BCUT2D eigenvalue weighted by atomic mass is 10.00. The summed E-state index contributed by atoms with van der Waals surface area (Å²) >= 11 is 4.62. The number of hydrogen-bond acceptors (Lipinski definition) is 4. The lowest BCUT2D eigenvalue weighted by Crippen LogP contribution is -2.41. The van der Waals surface area contributed by atoms with Crippen LogP contribution >= 0.6 is 27.3 Å². The predicted molar refractivity (Wildman–Crippen MR) is 86.7 cm³/mol. The van der Waals surface area contributed by atoms with Crippen LogP contribution in [-0.4, -0.2) is 38.9 Å². The number of piperidine rings is 1. The van der Waals surface area contributed by atoms with E-state index in [-0.39, 0.29) is 0 Å². The number of halogens is 1. The molecular weight excluding hydrogens is 360 g/mol. The van der Waals surface area contributed by atoms with Gasteiger partial charge in [-0.2, -0.15) is 4.31 Å². The minimum absolute atomic E-state index is 0.425. The van der Waals surface area contributed by atoms with Gasteiger partial charge in [0.05, 0.1) is 3.79 Å². The molecule has 7 heteroatoms. The summed E-state index contributed by atoms with van der Waals surface area (Å²) in [6.45, 7) is 5.21. The van der Waals surface area contributed by atoms with Crippen LogP contribution < -0.4 is 5.32 Å². The van der Waals surface area contributed by atoms with Crippen LogP contribution in [-0.2, 0) is 10.0 Å². The first-order chi connectivity index (χ1) is 9.54. The Morgan fingerprint density at radius 2 is 2.30 bits per heavy atom. The summed E-state index contributed by atoms with van der Waals surface area (Å²) in [7, 11) is -3.35. The average Bonchev–Trinajstić information content (AvgIpc) is 2.87. The molecule has 4 nitrogen and oxygen atoms in total. The van der Waals surface area contributed by atoms with Crippen LogP contribution in [0.1, 0.15) is 26.2 Å². The van der Waals surface area contributed by atoms with E-state index in [9.17, 15) is 8.42 Å². The maximum Gasteiger partial charge on any atom is 0.252 e. The van der Waals surface area contributed by atoms with E-state index in [0.29, 0.717) is 23.2 Å². The highest BCUT2D eigenvalue weighted by molar-refractivity contribution is 9.11. The molecule has 1 N–H and O–H groups in total. The smallest absolute Gasteiger partial charge is 0.252 e. The zero-order valence-electron chi connectivity index (χ0n) is 11.6. The quantitative estimate of drug-likeness (QED) is 0.825. The van der Waals surface area contributed by atoms with Crippen molar-refractivity contribution >= 4 is 37.3 Å². The molecule has 20 heavy (non-hydrogen) atoms. The lowest BCUT2D eigenvalue weighted by Gasteiger charge is -2.29. The second-order valence-corrected chi connectivity index (χ2v) is 9.76. The van der Waals surface area contributed by atoms with Gasteiger partial charge in [-0.05, 0) is 66.3 Å². The Morgan fingerprint density at radius 1 is 1.50 bits per heavy atom. The highest BCUT2D eigenvalue weighted by Gasteiger charge is 2.28. The molecule has 0 spiro atoms. The highest BCUT2D eigenvalue weighted by atomic mass is 79.9. The van der Waals surface area contributed by atoms with Crippen LogP contribution in [0.4, 0.5) is 0 Å². The molecule has 0 saturated carbocycles. The molecule has 114 valence electrons. The predicted octanol–water partition coefficient (Wildman–Crippen LogP) is 2.91. The van der Waals surface area contributed by atoms with Gasteiger partial charge in [0.1, 0.15) is 4.21 Å². The lowest BCUT2D eigenvalue weighted by molar-refractivity contribution is 0.292. The fourth-order valence-corrected chi connectivity index (χ4v) is 6.26. The van der Waals surface area contributed by atoms with E-state index in [0.717, 1.165) is 36.1 Å². The third kappa shape index (κ3) is 4.04. The molecule has 1 aliphatic heterocycles.